The molecule has 0 spiro atoms. The van der Waals surface area contributed by atoms with Crippen LogP contribution in [0.15, 0.2) is 18.2 Å². The molecule has 1 N–H and O–H groups in total. The predicted octanol–water partition coefficient (Wildman–Crippen LogP) is 2.55. The molecule has 4 heteroatoms. The third-order valence-electron chi connectivity index (χ3n) is 3.04. The van der Waals surface area contributed by atoms with Crippen molar-refractivity contribution in [2.24, 2.45) is 0 Å². The van der Waals surface area contributed by atoms with Gasteiger partial charge in [-0.1, -0.05) is 13.0 Å². The van der Waals surface area contributed by atoms with E-state index in [1.54, 1.807) is 6.07 Å². The molecular formula is C14H20FNO2. The standard InChI is InChI=1S/C14H20FNO2/c1-3-16-13(9-14-17-4-5-18-14)11-6-10(2)7-12(15)8-11/h6-8,13-14,16H,3-5,9H2,1-2H3. The van der Waals surface area contributed by atoms with E-state index in [-0.39, 0.29) is 18.1 Å². The van der Waals surface area contributed by atoms with Crippen molar-refractivity contribution < 1.29 is 13.9 Å². The molecule has 1 aromatic carbocycles. The van der Waals surface area contributed by atoms with Gasteiger partial charge < -0.3 is 14.8 Å². The molecule has 3 nitrogen and oxygen atoms in total. The van der Waals surface area contributed by atoms with Crippen molar-refractivity contribution in [3.63, 3.8) is 0 Å². The lowest BCUT2D eigenvalue weighted by molar-refractivity contribution is -0.0529. The molecule has 100 valence electrons. The second kappa shape index (κ2) is 6.27. The number of hydrogen-bond donors (Lipinski definition) is 1. The van der Waals surface area contributed by atoms with Crippen LogP contribution in [0.4, 0.5) is 4.39 Å². The van der Waals surface area contributed by atoms with Gasteiger partial charge in [0.2, 0.25) is 0 Å². The van der Waals surface area contributed by atoms with E-state index in [1.807, 2.05) is 19.9 Å². The minimum Gasteiger partial charge on any atom is -0.350 e. The number of nitrogens with one attached hydrogen (secondary N) is 1. The van der Waals surface area contributed by atoms with Gasteiger partial charge in [0.25, 0.3) is 0 Å². The van der Waals surface area contributed by atoms with Gasteiger partial charge in [0, 0.05) is 12.5 Å². The molecule has 0 radical (unpaired) electrons. The lowest BCUT2D eigenvalue weighted by atomic mass is 10.0. The summed E-state index contributed by atoms with van der Waals surface area (Å²) in [5.74, 6) is -0.193. The van der Waals surface area contributed by atoms with E-state index < -0.39 is 0 Å². The average Bonchev–Trinajstić information content (AvgIpc) is 2.80. The van der Waals surface area contributed by atoms with Crippen LogP contribution < -0.4 is 5.32 Å². The minimum absolute atomic E-state index is 0.0625. The Labute approximate surface area is 107 Å². The van der Waals surface area contributed by atoms with E-state index in [9.17, 15) is 4.39 Å². The van der Waals surface area contributed by atoms with Crippen LogP contribution in [0.25, 0.3) is 0 Å². The highest BCUT2D eigenvalue weighted by Crippen LogP contribution is 2.24. The van der Waals surface area contributed by atoms with Crippen molar-refractivity contribution in [3.8, 4) is 0 Å². The van der Waals surface area contributed by atoms with Crippen LogP contribution in [0.1, 0.15) is 30.5 Å². The Hall–Kier alpha value is -0.970. The Kier molecular flexibility index (Phi) is 4.69. The van der Waals surface area contributed by atoms with Gasteiger partial charge in [0.05, 0.1) is 13.2 Å². The monoisotopic (exact) mass is 253 g/mol. The molecule has 1 aliphatic heterocycles. The molecule has 1 unspecified atom stereocenters. The van der Waals surface area contributed by atoms with Gasteiger partial charge in [-0.3, -0.25) is 0 Å². The summed E-state index contributed by atoms with van der Waals surface area (Å²) in [6.45, 7) is 6.05. The lowest BCUT2D eigenvalue weighted by Crippen LogP contribution is -2.26. The molecule has 2 rings (SSSR count). The summed E-state index contributed by atoms with van der Waals surface area (Å²) in [6, 6.07) is 5.18. The largest absolute Gasteiger partial charge is 0.350 e. The molecule has 1 fully saturated rings. The van der Waals surface area contributed by atoms with Gasteiger partial charge in [-0.05, 0) is 36.7 Å². The molecule has 0 aliphatic carbocycles. The summed E-state index contributed by atoms with van der Waals surface area (Å²) in [7, 11) is 0. The number of hydrogen-bond acceptors (Lipinski definition) is 3. The van der Waals surface area contributed by atoms with Crippen molar-refractivity contribution in [1.29, 1.82) is 0 Å². The van der Waals surface area contributed by atoms with Crippen molar-refractivity contribution in [1.82, 2.24) is 5.32 Å². The normalized spacial score (nSPS) is 18.2. The van der Waals surface area contributed by atoms with Crippen LogP contribution >= 0.6 is 0 Å². The summed E-state index contributed by atoms with van der Waals surface area (Å²) >= 11 is 0. The highest BCUT2D eigenvalue weighted by molar-refractivity contribution is 5.26. The van der Waals surface area contributed by atoms with Crippen LogP contribution in [0.3, 0.4) is 0 Å². The summed E-state index contributed by atoms with van der Waals surface area (Å²) in [5, 5.41) is 3.35. The van der Waals surface area contributed by atoms with Crippen LogP contribution in [0.2, 0.25) is 0 Å². The summed E-state index contributed by atoms with van der Waals surface area (Å²) in [6.07, 6.45) is 0.522. The van der Waals surface area contributed by atoms with E-state index in [0.29, 0.717) is 19.6 Å². The van der Waals surface area contributed by atoms with Gasteiger partial charge >= 0.3 is 0 Å². The zero-order valence-electron chi connectivity index (χ0n) is 10.9. The fourth-order valence-electron chi connectivity index (χ4n) is 2.29. The Morgan fingerprint density at radius 3 is 2.67 bits per heavy atom. The topological polar surface area (TPSA) is 30.5 Å². The maximum absolute atomic E-state index is 13.5. The smallest absolute Gasteiger partial charge is 0.159 e. The van der Waals surface area contributed by atoms with Crippen LogP contribution in [0.5, 0.6) is 0 Å². The number of benzene rings is 1. The molecule has 1 heterocycles. The average molecular weight is 253 g/mol. The quantitative estimate of drug-likeness (QED) is 0.874. The van der Waals surface area contributed by atoms with Crippen molar-refractivity contribution in [3.05, 3.63) is 35.1 Å². The zero-order chi connectivity index (χ0) is 13.0. The van der Waals surface area contributed by atoms with E-state index >= 15 is 0 Å². The van der Waals surface area contributed by atoms with E-state index in [2.05, 4.69) is 5.32 Å². The fraction of sp³-hybridized carbons (Fsp3) is 0.571. The Balaban J connectivity index is 2.11. The first-order valence-electron chi connectivity index (χ1n) is 6.42. The zero-order valence-corrected chi connectivity index (χ0v) is 10.9. The predicted molar refractivity (Wildman–Crippen MR) is 67.9 cm³/mol. The Morgan fingerprint density at radius 1 is 1.33 bits per heavy atom. The van der Waals surface area contributed by atoms with E-state index in [4.69, 9.17) is 9.47 Å². The third kappa shape index (κ3) is 3.51. The Morgan fingerprint density at radius 2 is 2.06 bits per heavy atom. The Bertz CT molecular complexity index is 371. The number of aryl methyl sites for hydroxylation is 1. The van der Waals surface area contributed by atoms with Crippen molar-refractivity contribution in [2.75, 3.05) is 19.8 Å². The molecule has 1 saturated heterocycles. The highest BCUT2D eigenvalue weighted by Gasteiger charge is 2.22. The van der Waals surface area contributed by atoms with E-state index in [0.717, 1.165) is 17.7 Å². The van der Waals surface area contributed by atoms with Gasteiger partial charge in [0.1, 0.15) is 5.82 Å². The molecule has 0 saturated carbocycles. The third-order valence-corrected chi connectivity index (χ3v) is 3.04. The minimum atomic E-state index is -0.193. The first-order chi connectivity index (χ1) is 8.69. The highest BCUT2D eigenvalue weighted by atomic mass is 19.1. The van der Waals surface area contributed by atoms with Crippen LogP contribution in [0, 0.1) is 12.7 Å². The SMILES string of the molecule is CCNC(CC1OCCO1)c1cc(C)cc(F)c1. The number of ether oxygens (including phenoxy) is 2. The summed E-state index contributed by atoms with van der Waals surface area (Å²) < 4.78 is 24.4. The molecule has 0 bridgehead atoms. The van der Waals surface area contributed by atoms with Crippen LogP contribution in [-0.4, -0.2) is 26.0 Å². The molecule has 18 heavy (non-hydrogen) atoms. The van der Waals surface area contributed by atoms with E-state index in [1.165, 1.54) is 6.07 Å². The van der Waals surface area contributed by atoms with Crippen LogP contribution in [-0.2, 0) is 9.47 Å². The first kappa shape index (κ1) is 13.5. The molecule has 1 aliphatic rings. The summed E-state index contributed by atoms with van der Waals surface area (Å²) in [4.78, 5) is 0. The van der Waals surface area contributed by atoms with Crippen molar-refractivity contribution in [2.45, 2.75) is 32.6 Å². The molecule has 0 aromatic heterocycles. The van der Waals surface area contributed by atoms with Gasteiger partial charge in [0.15, 0.2) is 6.29 Å². The maximum atomic E-state index is 13.5. The lowest BCUT2D eigenvalue weighted by Gasteiger charge is -2.21. The van der Waals surface area contributed by atoms with Crippen molar-refractivity contribution >= 4 is 0 Å². The number of rotatable bonds is 5. The van der Waals surface area contributed by atoms with Gasteiger partial charge in [-0.25, -0.2) is 4.39 Å². The first-order valence-corrected chi connectivity index (χ1v) is 6.42. The summed E-state index contributed by atoms with van der Waals surface area (Å²) in [5.41, 5.74) is 1.88. The maximum Gasteiger partial charge on any atom is 0.159 e. The molecule has 0 amide bonds. The second-order valence-electron chi connectivity index (χ2n) is 4.58. The molecule has 1 atom stereocenters. The molecular weight excluding hydrogens is 233 g/mol. The van der Waals surface area contributed by atoms with Gasteiger partial charge in [-0.2, -0.15) is 0 Å². The van der Waals surface area contributed by atoms with Gasteiger partial charge in [-0.15, -0.1) is 0 Å². The molecule has 1 aromatic rings. The fourth-order valence-corrected chi connectivity index (χ4v) is 2.29. The second-order valence-corrected chi connectivity index (χ2v) is 4.58. The number of halogens is 1.